The van der Waals surface area contributed by atoms with E-state index in [2.05, 4.69) is 0 Å². The van der Waals surface area contributed by atoms with Crippen LogP contribution in [-0.2, 0) is 19.2 Å². The van der Waals surface area contributed by atoms with E-state index >= 15 is 0 Å². The summed E-state index contributed by atoms with van der Waals surface area (Å²) in [5.74, 6) is -8.57. The molecule has 3 fully saturated rings. The van der Waals surface area contributed by atoms with Crippen LogP contribution in [0.5, 0.6) is 0 Å². The molecule has 1 saturated carbocycles. The Hall–Kier alpha value is -3.68. The number of anilines is 2. The first kappa shape index (κ1) is 19.0. The molecular formula is C24H16F2N2O4. The number of carbonyl (C=O) groups is 4. The number of halogens is 2. The van der Waals surface area contributed by atoms with Crippen molar-refractivity contribution in [2.75, 3.05) is 9.80 Å². The summed E-state index contributed by atoms with van der Waals surface area (Å²) in [7, 11) is 0. The van der Waals surface area contributed by atoms with Gasteiger partial charge in [0, 0.05) is 11.8 Å². The average molecular weight is 434 g/mol. The Balaban J connectivity index is 1.43. The molecule has 7 rings (SSSR count). The standard InChI is InChI=1S/C24H16F2N2O4/c25-13-5-1-3-7-15(13)27-21(29)17-11-9-10-12(18(17)22(27)30)20-19(11)23(31)28(24(20)32)16-8-4-2-6-14(16)26/h1-12,17-20H/t11?,12?,17-,18+,19+,20-. The zero-order valence-electron chi connectivity index (χ0n) is 16.5. The van der Waals surface area contributed by atoms with Crippen molar-refractivity contribution in [2.45, 2.75) is 0 Å². The van der Waals surface area contributed by atoms with Gasteiger partial charge in [0.05, 0.1) is 35.0 Å². The van der Waals surface area contributed by atoms with E-state index < -0.39 is 70.8 Å². The first-order chi connectivity index (χ1) is 15.4. The van der Waals surface area contributed by atoms with E-state index in [-0.39, 0.29) is 11.4 Å². The van der Waals surface area contributed by atoms with Crippen molar-refractivity contribution in [1.29, 1.82) is 0 Å². The van der Waals surface area contributed by atoms with Gasteiger partial charge < -0.3 is 0 Å². The van der Waals surface area contributed by atoms with E-state index in [9.17, 15) is 28.0 Å². The van der Waals surface area contributed by atoms with Gasteiger partial charge in [0.2, 0.25) is 23.6 Å². The van der Waals surface area contributed by atoms with E-state index in [1.807, 2.05) is 0 Å². The third kappa shape index (κ3) is 2.21. The Kier molecular flexibility index (Phi) is 3.82. The largest absolute Gasteiger partial charge is 0.274 e. The normalized spacial score (nSPS) is 32.7. The molecule has 160 valence electrons. The van der Waals surface area contributed by atoms with E-state index in [4.69, 9.17) is 0 Å². The number of imide groups is 2. The summed E-state index contributed by atoms with van der Waals surface area (Å²) in [6.45, 7) is 0. The molecule has 2 saturated heterocycles. The summed E-state index contributed by atoms with van der Waals surface area (Å²) in [5, 5.41) is 0. The summed E-state index contributed by atoms with van der Waals surface area (Å²) < 4.78 is 28.8. The molecule has 6 atom stereocenters. The van der Waals surface area contributed by atoms with Crippen LogP contribution in [0.1, 0.15) is 0 Å². The maximum absolute atomic E-state index is 14.4. The molecule has 0 radical (unpaired) electrons. The topological polar surface area (TPSA) is 74.8 Å². The minimum atomic E-state index is -0.865. The van der Waals surface area contributed by atoms with Gasteiger partial charge >= 0.3 is 0 Å². The van der Waals surface area contributed by atoms with Gasteiger partial charge in [-0.3, -0.25) is 19.2 Å². The Morgan fingerprint density at radius 2 is 0.844 bits per heavy atom. The zero-order valence-corrected chi connectivity index (χ0v) is 16.5. The van der Waals surface area contributed by atoms with Crippen LogP contribution in [-0.4, -0.2) is 23.6 Å². The van der Waals surface area contributed by atoms with Gasteiger partial charge in [0.15, 0.2) is 0 Å². The number of amides is 4. The highest BCUT2D eigenvalue weighted by Gasteiger charge is 2.69. The van der Waals surface area contributed by atoms with Gasteiger partial charge in [0.1, 0.15) is 11.6 Å². The second-order valence-corrected chi connectivity index (χ2v) is 8.57. The fraction of sp³-hybridized carbons (Fsp3) is 0.250. The molecule has 2 unspecified atom stereocenters. The lowest BCUT2D eigenvalue weighted by molar-refractivity contribution is -0.137. The van der Waals surface area contributed by atoms with E-state index in [0.717, 1.165) is 9.80 Å². The van der Waals surface area contributed by atoms with Crippen molar-refractivity contribution in [3.63, 3.8) is 0 Å². The first-order valence-corrected chi connectivity index (χ1v) is 10.3. The number of allylic oxidation sites excluding steroid dienone is 2. The Bertz CT molecular complexity index is 1120. The lowest BCUT2D eigenvalue weighted by Gasteiger charge is -2.44. The zero-order chi connectivity index (χ0) is 22.3. The number of hydrogen-bond acceptors (Lipinski definition) is 4. The number of nitrogens with zero attached hydrogens (tertiary/aromatic N) is 2. The first-order valence-electron chi connectivity index (χ1n) is 10.3. The second kappa shape index (κ2) is 6.41. The van der Waals surface area contributed by atoms with Crippen molar-refractivity contribution < 1.29 is 28.0 Å². The SMILES string of the molecule is O=C1[C@@H]2C3C=CC([C@H]4C(=O)N(c5ccccc5F)C(=O)[C@@H]34)[C@@H]2C(=O)N1c1ccccc1F. The molecule has 5 aliphatic rings. The third-order valence-corrected chi connectivity index (χ3v) is 7.20. The highest BCUT2D eigenvalue weighted by Crippen LogP contribution is 2.58. The maximum atomic E-state index is 14.4. The van der Waals surface area contributed by atoms with Gasteiger partial charge in [0.25, 0.3) is 0 Å². The third-order valence-electron chi connectivity index (χ3n) is 7.20. The van der Waals surface area contributed by atoms with Crippen molar-refractivity contribution in [3.05, 3.63) is 72.3 Å². The fourth-order valence-electron chi connectivity index (χ4n) is 5.97. The van der Waals surface area contributed by atoms with Crippen LogP contribution < -0.4 is 9.80 Å². The number of para-hydroxylation sites is 2. The monoisotopic (exact) mass is 434 g/mol. The minimum Gasteiger partial charge on any atom is -0.274 e. The lowest BCUT2D eigenvalue weighted by atomic mass is 9.54. The summed E-state index contributed by atoms with van der Waals surface area (Å²) in [4.78, 5) is 54.9. The lowest BCUT2D eigenvalue weighted by Crippen LogP contribution is -2.50. The highest BCUT2D eigenvalue weighted by molar-refractivity contribution is 6.26. The molecule has 4 amide bonds. The van der Waals surface area contributed by atoms with Crippen molar-refractivity contribution in [2.24, 2.45) is 35.5 Å². The Morgan fingerprint density at radius 1 is 0.531 bits per heavy atom. The molecule has 0 spiro atoms. The van der Waals surface area contributed by atoms with Crippen molar-refractivity contribution >= 4 is 35.0 Å². The molecule has 2 heterocycles. The van der Waals surface area contributed by atoms with Crippen molar-refractivity contribution in [1.82, 2.24) is 0 Å². The molecule has 8 heteroatoms. The number of rotatable bonds is 2. The Morgan fingerprint density at radius 3 is 1.16 bits per heavy atom. The van der Waals surface area contributed by atoms with Gasteiger partial charge in [-0.05, 0) is 24.3 Å². The molecule has 3 aliphatic carbocycles. The molecule has 6 nitrogen and oxygen atoms in total. The molecule has 2 aromatic rings. The summed E-state index contributed by atoms with van der Waals surface area (Å²) in [5.41, 5.74) is -0.265. The number of benzene rings is 2. The van der Waals surface area contributed by atoms with Crippen LogP contribution in [0.25, 0.3) is 0 Å². The average Bonchev–Trinajstić information content (AvgIpc) is 3.22. The highest BCUT2D eigenvalue weighted by atomic mass is 19.1. The summed E-state index contributed by atoms with van der Waals surface area (Å²) in [6, 6.07) is 11.0. The van der Waals surface area contributed by atoms with Crippen LogP contribution >= 0.6 is 0 Å². The molecule has 2 aliphatic heterocycles. The predicted octanol–water partition coefficient (Wildman–Crippen LogP) is 2.69. The number of hydrogen-bond donors (Lipinski definition) is 0. The van der Waals surface area contributed by atoms with Crippen LogP contribution in [0, 0.1) is 47.1 Å². The number of carbonyl (C=O) groups excluding carboxylic acids is 4. The molecule has 0 N–H and O–H groups in total. The maximum Gasteiger partial charge on any atom is 0.238 e. The van der Waals surface area contributed by atoms with Crippen LogP contribution in [0.4, 0.5) is 20.2 Å². The minimum absolute atomic E-state index is 0.132. The van der Waals surface area contributed by atoms with E-state index in [0.29, 0.717) is 0 Å². The van der Waals surface area contributed by atoms with Gasteiger partial charge in [-0.15, -0.1) is 0 Å². The van der Waals surface area contributed by atoms with Crippen LogP contribution in [0.3, 0.4) is 0 Å². The summed E-state index contributed by atoms with van der Waals surface area (Å²) >= 11 is 0. The molecule has 0 aromatic heterocycles. The van der Waals surface area contributed by atoms with E-state index in [1.54, 1.807) is 12.2 Å². The molecule has 2 aromatic carbocycles. The summed E-state index contributed by atoms with van der Waals surface area (Å²) in [6.07, 6.45) is 3.41. The molecular weight excluding hydrogens is 418 g/mol. The van der Waals surface area contributed by atoms with Crippen molar-refractivity contribution in [3.8, 4) is 0 Å². The van der Waals surface area contributed by atoms with Gasteiger partial charge in [-0.1, -0.05) is 36.4 Å². The molecule has 32 heavy (non-hydrogen) atoms. The smallest absolute Gasteiger partial charge is 0.238 e. The second-order valence-electron chi connectivity index (χ2n) is 8.57. The quantitative estimate of drug-likeness (QED) is 0.538. The Labute approximate surface area is 181 Å². The van der Waals surface area contributed by atoms with Crippen LogP contribution in [0.2, 0.25) is 0 Å². The fourth-order valence-corrected chi connectivity index (χ4v) is 5.97. The van der Waals surface area contributed by atoms with Gasteiger partial charge in [-0.25, -0.2) is 18.6 Å². The van der Waals surface area contributed by atoms with E-state index in [1.165, 1.54) is 48.5 Å². The predicted molar refractivity (Wildman–Crippen MR) is 108 cm³/mol. The van der Waals surface area contributed by atoms with Crippen LogP contribution in [0.15, 0.2) is 60.7 Å². The van der Waals surface area contributed by atoms with Gasteiger partial charge in [-0.2, -0.15) is 0 Å². The molecule has 2 bridgehead atoms.